The van der Waals surface area contributed by atoms with Crippen LogP contribution in [-0.2, 0) is 26.3 Å². The molecule has 15 rings (SSSR count). The van der Waals surface area contributed by atoms with Crippen LogP contribution in [0.25, 0.3) is 0 Å². The number of nitrogens with two attached hydrogens (primary N) is 1. The van der Waals surface area contributed by atoms with Crippen molar-refractivity contribution in [2.24, 2.45) is 75.2 Å². The van der Waals surface area contributed by atoms with E-state index in [1.54, 1.807) is 22.4 Å². The molecule has 0 unspecified atom stereocenters. The number of nitrogens with zero attached hydrogens (tertiary/aromatic N) is 2. The molecule has 0 radical (unpaired) electrons. The Labute approximate surface area is 385 Å². The highest BCUT2D eigenvalue weighted by Crippen LogP contribution is 2.89. The van der Waals surface area contributed by atoms with Gasteiger partial charge in [-0.25, -0.2) is 4.79 Å². The molecule has 14 aliphatic rings. The zero-order chi connectivity index (χ0) is 43.5. The van der Waals surface area contributed by atoms with E-state index in [0.29, 0.717) is 78.1 Å². The molecule has 1 aromatic rings. The third kappa shape index (κ3) is 4.44. The van der Waals surface area contributed by atoms with Crippen molar-refractivity contribution in [3.05, 3.63) is 80.5 Å². The molecule has 15 atom stereocenters. The van der Waals surface area contributed by atoms with Gasteiger partial charge in [-0.1, -0.05) is 86.9 Å². The first-order valence-electron chi connectivity index (χ1n) is 27.1. The van der Waals surface area contributed by atoms with Crippen molar-refractivity contribution in [3.8, 4) is 0 Å². The van der Waals surface area contributed by atoms with Crippen molar-refractivity contribution in [2.45, 2.75) is 166 Å². The number of hydrogen-bond acceptors (Lipinski definition) is 8. The maximum Gasteiger partial charge on any atom is 0.339 e. The summed E-state index contributed by atoms with van der Waals surface area (Å²) in [4.78, 5) is 37.4. The first-order chi connectivity index (χ1) is 31.7. The van der Waals surface area contributed by atoms with Gasteiger partial charge in [-0.15, -0.1) is 0 Å². The molecule has 7 heterocycles. The van der Waals surface area contributed by atoms with Crippen molar-refractivity contribution < 1.29 is 24.2 Å². The fourth-order valence-electron chi connectivity index (χ4n) is 20.9. The molecule has 8 nitrogen and oxygen atoms in total. The van der Waals surface area contributed by atoms with E-state index in [1.165, 1.54) is 76.3 Å². The molecule has 344 valence electrons. The number of aliphatic hydroxyl groups excluding tert-OH is 1. The van der Waals surface area contributed by atoms with E-state index in [0.717, 1.165) is 69.0 Å². The number of aliphatic hydroxyl groups is 1. The van der Waals surface area contributed by atoms with Gasteiger partial charge in [0.05, 0.1) is 11.0 Å². The monoisotopic (exact) mass is 878 g/mol. The SMILES string of the molecule is C[C@@H]1/C=C2/CC[C@]34C[C@H]2C2=C5CC[C@@]67/C(=C(\O)[C@@H]8CC[C@@H]9[C@H]%10C[C@@H](CN9[C@H]8CC8CCCCC8)[C@H]8CCC(=C([C@@H]53)N8C%10)C[C@H]4C)OC(=O)[C@@]26[C@H](C1)[C@@]71OC(=O)c2c(CCCN)cccc21. The summed E-state index contributed by atoms with van der Waals surface area (Å²) in [6, 6.07) is 7.67. The lowest BCUT2D eigenvalue weighted by Gasteiger charge is -2.74. The molecule has 7 aliphatic heterocycles. The topological polar surface area (TPSA) is 105 Å². The number of aryl methyl sites for hydroxylation is 1. The van der Waals surface area contributed by atoms with E-state index in [1.807, 2.05) is 0 Å². The minimum absolute atomic E-state index is 0.125. The van der Waals surface area contributed by atoms with Gasteiger partial charge < -0.3 is 25.2 Å². The largest absolute Gasteiger partial charge is 0.508 e. The average molecular weight is 878 g/mol. The number of carbonyl (C=O) groups excluding carboxylic acids is 2. The van der Waals surface area contributed by atoms with Crippen molar-refractivity contribution in [3.63, 3.8) is 0 Å². The van der Waals surface area contributed by atoms with E-state index < -0.39 is 16.4 Å². The van der Waals surface area contributed by atoms with Gasteiger partial charge in [0.1, 0.15) is 11.2 Å². The summed E-state index contributed by atoms with van der Waals surface area (Å²) in [7, 11) is 0. The lowest BCUT2D eigenvalue weighted by Crippen LogP contribution is -2.78. The number of piperidine rings is 3. The fourth-order valence-corrected chi connectivity index (χ4v) is 20.9. The minimum atomic E-state index is -1.12. The molecule has 4 saturated heterocycles. The highest BCUT2D eigenvalue weighted by molar-refractivity contribution is 6.00. The summed E-state index contributed by atoms with van der Waals surface area (Å²) in [6.45, 7) is 7.81. The van der Waals surface area contributed by atoms with Crippen molar-refractivity contribution in [1.82, 2.24) is 9.80 Å². The second-order valence-electron chi connectivity index (χ2n) is 24.9. The van der Waals surface area contributed by atoms with E-state index in [9.17, 15) is 5.11 Å². The van der Waals surface area contributed by atoms with E-state index in [2.05, 4.69) is 47.9 Å². The van der Waals surface area contributed by atoms with Crippen LogP contribution < -0.4 is 5.73 Å². The van der Waals surface area contributed by atoms with Crippen LogP contribution in [0.4, 0.5) is 0 Å². The molecule has 65 heavy (non-hydrogen) atoms. The summed E-state index contributed by atoms with van der Waals surface area (Å²) in [5.41, 5.74) is 13.7. The van der Waals surface area contributed by atoms with Gasteiger partial charge in [-0.3, -0.25) is 9.69 Å². The number of ether oxygens (including phenoxy) is 2. The number of allylic oxidation sites excluding steroid dienone is 4. The Morgan fingerprint density at radius 3 is 2.66 bits per heavy atom. The summed E-state index contributed by atoms with van der Waals surface area (Å²) >= 11 is 0. The smallest absolute Gasteiger partial charge is 0.339 e. The predicted octanol–water partition coefficient (Wildman–Crippen LogP) is 10.2. The van der Waals surface area contributed by atoms with Crippen LogP contribution in [0, 0.1) is 69.5 Å². The Morgan fingerprint density at radius 2 is 1.80 bits per heavy atom. The Morgan fingerprint density at radius 1 is 0.938 bits per heavy atom. The highest BCUT2D eigenvalue weighted by Gasteiger charge is 2.94. The highest BCUT2D eigenvalue weighted by atomic mass is 16.6. The van der Waals surface area contributed by atoms with Gasteiger partial charge >= 0.3 is 11.9 Å². The zero-order valence-corrected chi connectivity index (χ0v) is 39.1. The lowest BCUT2D eigenvalue weighted by molar-refractivity contribution is -0.283. The van der Waals surface area contributed by atoms with Crippen LogP contribution in [0.3, 0.4) is 0 Å². The Balaban J connectivity index is 1.05. The Bertz CT molecular complexity index is 2480. The van der Waals surface area contributed by atoms with Gasteiger partial charge in [0.2, 0.25) is 0 Å². The van der Waals surface area contributed by atoms with Crippen molar-refractivity contribution >= 4 is 11.9 Å². The van der Waals surface area contributed by atoms with Crippen LogP contribution in [0.15, 0.2) is 63.8 Å². The van der Waals surface area contributed by atoms with E-state index in [4.69, 9.17) is 15.2 Å². The van der Waals surface area contributed by atoms with Crippen LogP contribution in [0.1, 0.15) is 157 Å². The van der Waals surface area contributed by atoms with Crippen LogP contribution in [-0.4, -0.2) is 64.6 Å². The average Bonchev–Trinajstić information content (AvgIpc) is 3.77. The first-order valence-corrected chi connectivity index (χ1v) is 27.1. The van der Waals surface area contributed by atoms with E-state index in [-0.39, 0.29) is 47.1 Å². The molecule has 7 fully saturated rings. The summed E-state index contributed by atoms with van der Waals surface area (Å²) in [5.74, 6) is 3.17. The normalized spacial score (nSPS) is 49.1. The first kappa shape index (κ1) is 39.6. The second-order valence-corrected chi connectivity index (χ2v) is 24.9. The lowest BCUT2D eigenvalue weighted by atomic mass is 9.26. The van der Waals surface area contributed by atoms with Crippen molar-refractivity contribution in [2.75, 3.05) is 19.6 Å². The standard InChI is InChI=1S/C57H71N3O5/c1-30-22-34-17-19-54-27-40(34)47-39-18-20-55-51(64-53(63)56(47,55)45(23-30)57(55)41-12-6-10-33(11-7-21-58)46(41)52(62)65-57)50(61)38-14-16-42-37-26-36(28-59(42)44(38)25-32-8-4-3-5-9-32)43-15-13-35(24-31(54)2)49(48(39)54)60(43)29-37/h6,10,12,22,30-32,36-38,40,42-45,48,61H,3-5,7-9,11,13-21,23-29,58H2,1-2H3/b34-22-,51-50+/t30-,31-,36+,37+,38-,40-,42-,43-,44+,45+,48-,54-,55-,56-,57-/m1/s1. The summed E-state index contributed by atoms with van der Waals surface area (Å²) in [5, 5.41) is 13.8. The number of rotatable bonds is 5. The van der Waals surface area contributed by atoms with Gasteiger partial charge in [0.15, 0.2) is 11.4 Å². The molecule has 7 aliphatic carbocycles. The molecular weight excluding hydrogens is 807 g/mol. The van der Waals surface area contributed by atoms with Gasteiger partial charge in [0, 0.05) is 66.1 Å². The Kier molecular flexibility index (Phi) is 8.07. The summed E-state index contributed by atoms with van der Waals surface area (Å²) in [6.07, 6.45) is 24.4. The molecule has 0 aromatic heterocycles. The molecule has 4 spiro atoms. The predicted molar refractivity (Wildman–Crippen MR) is 247 cm³/mol. The fraction of sp³-hybridized carbons (Fsp3) is 0.719. The molecular formula is C57H71N3O5. The molecule has 8 heteroatoms. The van der Waals surface area contributed by atoms with Crippen LogP contribution >= 0.6 is 0 Å². The molecule has 0 amide bonds. The number of esters is 2. The maximum atomic E-state index is 16.3. The second kappa shape index (κ2) is 13.2. The molecule has 3 saturated carbocycles. The maximum absolute atomic E-state index is 16.3. The van der Waals surface area contributed by atoms with Crippen LogP contribution in [0.5, 0.6) is 0 Å². The number of carbonyl (C=O) groups is 2. The van der Waals surface area contributed by atoms with Crippen molar-refractivity contribution in [1.29, 1.82) is 0 Å². The van der Waals surface area contributed by atoms with Gasteiger partial charge in [-0.2, -0.15) is 0 Å². The molecule has 1 aromatic carbocycles. The summed E-state index contributed by atoms with van der Waals surface area (Å²) < 4.78 is 14.5. The van der Waals surface area contributed by atoms with Gasteiger partial charge in [0.25, 0.3) is 0 Å². The third-order valence-electron chi connectivity index (χ3n) is 22.9. The number of hydrogen-bond donors (Lipinski definition) is 2. The molecule has 9 bridgehead atoms. The number of benzene rings is 1. The minimum Gasteiger partial charge on any atom is -0.508 e. The Hall–Kier alpha value is -3.36. The van der Waals surface area contributed by atoms with Crippen LogP contribution in [0.2, 0.25) is 0 Å². The molecule has 3 N–H and O–H groups in total. The quantitative estimate of drug-likeness (QED) is 0.223. The third-order valence-corrected chi connectivity index (χ3v) is 22.9. The van der Waals surface area contributed by atoms with Gasteiger partial charge in [-0.05, 0) is 149 Å². The zero-order valence-electron chi connectivity index (χ0n) is 39.1. The van der Waals surface area contributed by atoms with E-state index >= 15 is 9.59 Å². The number of fused-ring (bicyclic) bond motifs is 8.